The van der Waals surface area contributed by atoms with Crippen LogP contribution in [0.3, 0.4) is 0 Å². The molecule has 0 aromatic heterocycles. The molecule has 0 aromatic carbocycles. The molecule has 1 rings (SSSR count). The number of hydrogen-bond acceptors (Lipinski definition) is 4. The summed E-state index contributed by atoms with van der Waals surface area (Å²) in [5, 5.41) is 0. The highest BCUT2D eigenvalue weighted by Gasteiger charge is 2.44. The van der Waals surface area contributed by atoms with E-state index in [1.165, 1.54) is 0 Å². The summed E-state index contributed by atoms with van der Waals surface area (Å²) >= 11 is 0. The topological polar surface area (TPSA) is 52.6 Å². The molecule has 4 nitrogen and oxygen atoms in total. The van der Waals surface area contributed by atoms with E-state index in [0.29, 0.717) is 12.8 Å². The highest BCUT2D eigenvalue weighted by Crippen LogP contribution is 2.38. The highest BCUT2D eigenvalue weighted by atomic mass is 16.6. The molecule has 0 amide bonds. The van der Waals surface area contributed by atoms with Crippen molar-refractivity contribution in [2.45, 2.75) is 85.9 Å². The maximum atomic E-state index is 12.5. The maximum absolute atomic E-state index is 12.5. The Hall–Kier alpha value is -1.06. The van der Waals surface area contributed by atoms with E-state index < -0.39 is 11.0 Å². The lowest BCUT2D eigenvalue weighted by Gasteiger charge is -2.37. The summed E-state index contributed by atoms with van der Waals surface area (Å²) in [6, 6.07) is 0. The van der Waals surface area contributed by atoms with Gasteiger partial charge in [0, 0.05) is 6.42 Å². The molecule has 1 aliphatic rings. The van der Waals surface area contributed by atoms with Crippen molar-refractivity contribution >= 4 is 11.9 Å². The summed E-state index contributed by atoms with van der Waals surface area (Å²) in [6.07, 6.45) is 2.44. The maximum Gasteiger partial charge on any atom is 0.312 e. The van der Waals surface area contributed by atoms with E-state index in [-0.39, 0.29) is 23.5 Å². The molecular formula is C17H30O4. The van der Waals surface area contributed by atoms with Crippen molar-refractivity contribution in [2.24, 2.45) is 10.8 Å². The number of ether oxygens (including phenoxy) is 2. The van der Waals surface area contributed by atoms with Gasteiger partial charge in [-0.15, -0.1) is 0 Å². The van der Waals surface area contributed by atoms with Crippen molar-refractivity contribution in [3.05, 3.63) is 0 Å². The number of rotatable bonds is 6. The molecular weight excluding hydrogens is 268 g/mol. The van der Waals surface area contributed by atoms with E-state index in [2.05, 4.69) is 20.8 Å². The largest absolute Gasteiger partial charge is 0.458 e. The van der Waals surface area contributed by atoms with Crippen molar-refractivity contribution < 1.29 is 19.1 Å². The molecule has 0 N–H and O–H groups in total. The molecule has 0 radical (unpaired) electrons. The van der Waals surface area contributed by atoms with E-state index in [0.717, 1.165) is 12.8 Å². The first kappa shape index (κ1) is 18.0. The van der Waals surface area contributed by atoms with Gasteiger partial charge in [-0.1, -0.05) is 27.2 Å². The fourth-order valence-electron chi connectivity index (χ4n) is 2.85. The number of carbonyl (C=O) groups is 2. The standard InChI is InChI=1S/C17H30O4/c1-8-15(2,3)11-16(4,5)14(19)21-17(6,7)12-9-10-13(18)20-12/h12H,8-11H2,1-7H3. The number of cyclic esters (lactones) is 1. The molecule has 0 spiro atoms. The molecule has 1 fully saturated rings. The first-order valence-electron chi connectivity index (χ1n) is 7.82. The Balaban J connectivity index is 2.72. The van der Waals surface area contributed by atoms with Crippen molar-refractivity contribution in [2.75, 3.05) is 0 Å². The normalized spacial score (nSPS) is 20.3. The zero-order valence-corrected chi connectivity index (χ0v) is 14.5. The van der Waals surface area contributed by atoms with Crippen molar-refractivity contribution in [1.82, 2.24) is 0 Å². The molecule has 21 heavy (non-hydrogen) atoms. The average molecular weight is 298 g/mol. The molecule has 4 heteroatoms. The molecule has 1 saturated heterocycles. The summed E-state index contributed by atoms with van der Waals surface area (Å²) in [5.41, 5.74) is -1.25. The average Bonchev–Trinajstić information content (AvgIpc) is 2.75. The molecule has 0 bridgehead atoms. The Bertz CT molecular complexity index is 407. The Labute approximate surface area is 128 Å². The molecule has 1 aliphatic heterocycles. The number of carbonyl (C=O) groups excluding carboxylic acids is 2. The van der Waals surface area contributed by atoms with E-state index >= 15 is 0 Å². The summed E-state index contributed by atoms with van der Waals surface area (Å²) in [7, 11) is 0. The minimum absolute atomic E-state index is 0.0898. The van der Waals surface area contributed by atoms with Crippen LogP contribution in [0.2, 0.25) is 0 Å². The van der Waals surface area contributed by atoms with Gasteiger partial charge < -0.3 is 9.47 Å². The Morgan fingerprint density at radius 2 is 1.81 bits per heavy atom. The number of hydrogen-bond donors (Lipinski definition) is 0. The van der Waals surface area contributed by atoms with Gasteiger partial charge in [-0.2, -0.15) is 0 Å². The molecule has 0 aliphatic carbocycles. The quantitative estimate of drug-likeness (QED) is 0.699. The third-order valence-electron chi connectivity index (χ3n) is 4.45. The third-order valence-corrected chi connectivity index (χ3v) is 4.45. The van der Waals surface area contributed by atoms with E-state index in [1.807, 2.05) is 27.7 Å². The molecule has 1 unspecified atom stereocenters. The van der Waals surface area contributed by atoms with Crippen LogP contribution in [0.4, 0.5) is 0 Å². The van der Waals surface area contributed by atoms with E-state index in [4.69, 9.17) is 9.47 Å². The van der Waals surface area contributed by atoms with E-state index in [9.17, 15) is 9.59 Å². The van der Waals surface area contributed by atoms with Crippen LogP contribution in [-0.2, 0) is 19.1 Å². The fourth-order valence-corrected chi connectivity index (χ4v) is 2.85. The Morgan fingerprint density at radius 1 is 1.24 bits per heavy atom. The summed E-state index contributed by atoms with van der Waals surface area (Å²) in [5.74, 6) is -0.438. The van der Waals surface area contributed by atoms with Gasteiger partial charge in [0.05, 0.1) is 5.41 Å². The fraction of sp³-hybridized carbons (Fsp3) is 0.882. The van der Waals surface area contributed by atoms with Gasteiger partial charge in [-0.25, -0.2) is 0 Å². The van der Waals surface area contributed by atoms with Crippen LogP contribution in [0.15, 0.2) is 0 Å². The van der Waals surface area contributed by atoms with Crippen molar-refractivity contribution in [3.8, 4) is 0 Å². The lowest BCUT2D eigenvalue weighted by Crippen LogP contribution is -2.44. The molecule has 0 aromatic rings. The molecule has 1 atom stereocenters. The monoisotopic (exact) mass is 298 g/mol. The van der Waals surface area contributed by atoms with Gasteiger partial charge >= 0.3 is 11.9 Å². The first-order chi connectivity index (χ1) is 9.39. The van der Waals surface area contributed by atoms with Gasteiger partial charge in [0.15, 0.2) is 0 Å². The van der Waals surface area contributed by atoms with Crippen LogP contribution in [0, 0.1) is 10.8 Å². The van der Waals surface area contributed by atoms with Gasteiger partial charge in [-0.05, 0) is 46.0 Å². The SMILES string of the molecule is CCC(C)(C)CC(C)(C)C(=O)OC(C)(C)C1CCC(=O)O1. The zero-order valence-electron chi connectivity index (χ0n) is 14.5. The smallest absolute Gasteiger partial charge is 0.312 e. The Kier molecular flexibility index (Phi) is 5.12. The second kappa shape index (κ2) is 5.98. The Morgan fingerprint density at radius 3 is 2.24 bits per heavy atom. The lowest BCUT2D eigenvalue weighted by atomic mass is 9.73. The predicted octanol–water partition coefficient (Wildman–Crippen LogP) is 3.87. The summed E-state index contributed by atoms with van der Waals surface area (Å²) in [6.45, 7) is 13.9. The van der Waals surface area contributed by atoms with Crippen LogP contribution in [0.5, 0.6) is 0 Å². The van der Waals surface area contributed by atoms with Crippen LogP contribution >= 0.6 is 0 Å². The van der Waals surface area contributed by atoms with Gasteiger partial charge in [0.2, 0.25) is 0 Å². The minimum Gasteiger partial charge on any atom is -0.458 e. The van der Waals surface area contributed by atoms with E-state index in [1.54, 1.807) is 0 Å². The number of esters is 2. The van der Waals surface area contributed by atoms with Crippen LogP contribution in [-0.4, -0.2) is 23.6 Å². The third kappa shape index (κ3) is 4.72. The molecule has 1 heterocycles. The van der Waals surface area contributed by atoms with Gasteiger partial charge in [0.25, 0.3) is 0 Å². The predicted molar refractivity (Wildman–Crippen MR) is 81.8 cm³/mol. The van der Waals surface area contributed by atoms with Crippen LogP contribution in [0.25, 0.3) is 0 Å². The highest BCUT2D eigenvalue weighted by molar-refractivity contribution is 5.76. The van der Waals surface area contributed by atoms with Crippen molar-refractivity contribution in [3.63, 3.8) is 0 Å². The second-order valence-corrected chi connectivity index (χ2v) is 8.09. The summed E-state index contributed by atoms with van der Waals surface area (Å²) < 4.78 is 11.0. The summed E-state index contributed by atoms with van der Waals surface area (Å²) in [4.78, 5) is 23.8. The minimum atomic E-state index is -0.781. The first-order valence-corrected chi connectivity index (χ1v) is 7.82. The zero-order chi connectivity index (χ0) is 16.5. The second-order valence-electron chi connectivity index (χ2n) is 8.09. The van der Waals surface area contributed by atoms with Crippen LogP contribution < -0.4 is 0 Å². The van der Waals surface area contributed by atoms with Gasteiger partial charge in [0.1, 0.15) is 11.7 Å². The van der Waals surface area contributed by atoms with Crippen molar-refractivity contribution in [1.29, 1.82) is 0 Å². The lowest BCUT2D eigenvalue weighted by molar-refractivity contribution is -0.183. The molecule has 0 saturated carbocycles. The molecule has 122 valence electrons. The van der Waals surface area contributed by atoms with Gasteiger partial charge in [-0.3, -0.25) is 9.59 Å². The van der Waals surface area contributed by atoms with Crippen LogP contribution in [0.1, 0.15) is 74.1 Å².